The highest BCUT2D eigenvalue weighted by Crippen LogP contribution is 2.30. The molecular formula is C100H132N32O6. The van der Waals surface area contributed by atoms with Gasteiger partial charge in [-0.2, -0.15) is 0 Å². The van der Waals surface area contributed by atoms with Gasteiger partial charge in [-0.25, -0.2) is 37.5 Å². The molecular weight excluding hydrogens is 1750 g/mol. The molecule has 0 spiro atoms. The average molecular weight is 1880 g/mol. The smallest absolute Gasteiger partial charge is 0.120 e. The van der Waals surface area contributed by atoms with E-state index >= 15 is 0 Å². The van der Waals surface area contributed by atoms with E-state index in [9.17, 15) is 0 Å². The quantitative estimate of drug-likeness (QED) is 0.0252. The largest absolute Gasteiger partial charge is 0.490 e. The Bertz CT molecular complexity index is 5270. The van der Waals surface area contributed by atoms with E-state index < -0.39 is 0 Å². The van der Waals surface area contributed by atoms with E-state index in [-0.39, 0.29) is 26.4 Å². The van der Waals surface area contributed by atoms with Gasteiger partial charge in [0.1, 0.15) is 74.1 Å². The Kier molecular flexibility index (Phi) is 36.1. The van der Waals surface area contributed by atoms with Crippen molar-refractivity contribution in [3.05, 3.63) is 308 Å². The van der Waals surface area contributed by atoms with Crippen LogP contribution < -0.4 is 28.4 Å². The van der Waals surface area contributed by atoms with Crippen molar-refractivity contribution in [1.82, 2.24) is 159 Å². The number of aromatic nitrogens is 24. The summed E-state index contributed by atoms with van der Waals surface area (Å²) in [6, 6.07) is 37.5. The molecule has 6 aromatic carbocycles. The van der Waals surface area contributed by atoms with Gasteiger partial charge in [0, 0.05) is 52.4 Å². The van der Waals surface area contributed by atoms with Crippen molar-refractivity contribution in [3.8, 4) is 34.5 Å². The molecule has 0 aliphatic heterocycles. The molecule has 0 N–H and O–H groups in total. The van der Waals surface area contributed by atoms with Gasteiger partial charge in [-0.05, 0) is 290 Å². The molecule has 0 aliphatic rings. The second kappa shape index (κ2) is 49.8. The summed E-state index contributed by atoms with van der Waals surface area (Å²) in [6.07, 6.45) is 32.3. The van der Waals surface area contributed by atoms with Crippen LogP contribution in [0.5, 0.6) is 34.5 Å². The van der Waals surface area contributed by atoms with E-state index in [1.807, 2.05) is 224 Å². The van der Waals surface area contributed by atoms with Crippen molar-refractivity contribution in [2.24, 2.45) is 0 Å². The third kappa shape index (κ3) is 33.5. The highest BCUT2D eigenvalue weighted by atomic mass is 16.5. The Labute approximate surface area is 808 Å². The fraction of sp³-hybridized carbons (Fsp3) is 0.420. The predicted molar refractivity (Wildman–Crippen MR) is 525 cm³/mol. The van der Waals surface area contributed by atoms with Crippen molar-refractivity contribution in [2.45, 2.75) is 157 Å². The zero-order chi connectivity index (χ0) is 96.8. The van der Waals surface area contributed by atoms with E-state index in [4.69, 9.17) is 28.4 Å². The van der Waals surface area contributed by atoms with Crippen LogP contribution in [0.15, 0.2) is 195 Å². The molecule has 38 heteroatoms. The number of hydrogen-bond acceptors (Lipinski definition) is 30. The van der Waals surface area contributed by atoms with Gasteiger partial charge in [-0.3, -0.25) is 0 Å². The molecule has 0 fully saturated rings. The fourth-order valence-electron chi connectivity index (χ4n) is 15.9. The van der Waals surface area contributed by atoms with Crippen LogP contribution in [0.4, 0.5) is 0 Å². The minimum Gasteiger partial charge on any atom is -0.490 e. The Hall–Kier alpha value is -13.9. The topological polar surface area (TPSA) is 327 Å². The molecule has 0 atom stereocenters. The lowest BCUT2D eigenvalue weighted by molar-refractivity contribution is 0.295. The van der Waals surface area contributed by atoms with Crippen LogP contribution in [0.3, 0.4) is 0 Å². The van der Waals surface area contributed by atoms with Crippen LogP contribution >= 0.6 is 0 Å². The van der Waals surface area contributed by atoms with Gasteiger partial charge in [-0.1, -0.05) is 102 Å². The van der Waals surface area contributed by atoms with Crippen LogP contribution in [0.2, 0.25) is 0 Å². The number of hydrogen-bond donors (Lipinski definition) is 0. The normalized spacial score (nSPS) is 12.1. The van der Waals surface area contributed by atoms with Crippen LogP contribution in [-0.2, 0) is 131 Å². The zero-order valence-corrected chi connectivity index (χ0v) is 82.6. The van der Waals surface area contributed by atoms with E-state index in [0.717, 1.165) is 138 Å². The summed E-state index contributed by atoms with van der Waals surface area (Å²) in [5.74, 6) is 4.14. The maximum atomic E-state index is 6.80. The van der Waals surface area contributed by atoms with Crippen molar-refractivity contribution >= 4 is 0 Å². The molecule has 0 bridgehead atoms. The highest BCUT2D eigenvalue weighted by Gasteiger charge is 2.19. The van der Waals surface area contributed by atoms with Gasteiger partial charge in [0.2, 0.25) is 0 Å². The molecule has 0 aliphatic carbocycles. The standard InChI is InChI=1S/C100H132N32O6/c1-117(2)55-87-63-125(109-101-87)47-75-29-76(48-126-64-88(102-110-126)56-118(3)4)36-97(35-75)135-71-83-33-84(72-136-98-37-77(49-127-65-89(103-111-127)57-119(5)6)30-78(38-98)50-128-66-90(104-112-128)58-120(7)8)44-95(43-83)133-27-25-23-21-19-17-18-20-22-24-26-28-134-96-45-85(73-137-99-39-79(51-129-67-91(105-113-129)59-121(9)10)31-80(40-99)52-130-68-92(106-114-130)60-122(11)12)34-86(46-96)74-138-100-41-81(53-131-69-93(107-115-131)61-123(13)14)32-82(42-100)54-132-70-94(108-116-132)62-124(15)16/h17-18,23-26,29-46,63-70H,19-22,27-28,47-62,71-74H2,1-16H3/b18-17+,25-23+,26-24+. The zero-order valence-electron chi connectivity index (χ0n) is 82.6. The van der Waals surface area contributed by atoms with Gasteiger partial charge in [-0.15, -0.1) is 40.8 Å². The minimum atomic E-state index is 0.241. The molecule has 14 rings (SSSR count). The summed E-state index contributed by atoms with van der Waals surface area (Å²) in [4.78, 5) is 16.6. The molecule has 0 amide bonds. The van der Waals surface area contributed by atoms with Crippen molar-refractivity contribution in [3.63, 3.8) is 0 Å². The first-order valence-corrected chi connectivity index (χ1v) is 46.4. The Morgan fingerprint density at radius 2 is 0.333 bits per heavy atom. The van der Waals surface area contributed by atoms with Crippen LogP contribution in [0.25, 0.3) is 0 Å². The highest BCUT2D eigenvalue weighted by molar-refractivity contribution is 5.42. The Balaban J connectivity index is 0.642. The molecule has 0 radical (unpaired) electrons. The molecule has 8 aromatic heterocycles. The lowest BCUT2D eigenvalue weighted by Gasteiger charge is -2.15. The van der Waals surface area contributed by atoms with E-state index in [0.29, 0.717) is 152 Å². The fourth-order valence-corrected chi connectivity index (χ4v) is 15.9. The summed E-state index contributed by atoms with van der Waals surface area (Å²) in [5.41, 5.74) is 18.7. The van der Waals surface area contributed by atoms with Crippen molar-refractivity contribution in [2.75, 3.05) is 126 Å². The van der Waals surface area contributed by atoms with E-state index in [2.05, 4.69) is 243 Å². The maximum Gasteiger partial charge on any atom is 0.120 e. The van der Waals surface area contributed by atoms with Crippen LogP contribution in [-0.4, -0.2) is 285 Å². The molecule has 0 saturated heterocycles. The summed E-state index contributed by atoms with van der Waals surface area (Å²) in [7, 11) is 32.3. The molecule has 728 valence electrons. The number of nitrogens with zero attached hydrogens (tertiary/aromatic N) is 32. The molecule has 138 heavy (non-hydrogen) atoms. The lowest BCUT2D eigenvalue weighted by atomic mass is 10.1. The predicted octanol–water partition coefficient (Wildman–Crippen LogP) is 10.3. The van der Waals surface area contributed by atoms with E-state index in [1.165, 1.54) is 0 Å². The van der Waals surface area contributed by atoms with Crippen molar-refractivity contribution in [1.29, 1.82) is 0 Å². The van der Waals surface area contributed by atoms with Gasteiger partial charge in [0.15, 0.2) is 0 Å². The van der Waals surface area contributed by atoms with Crippen molar-refractivity contribution < 1.29 is 28.4 Å². The molecule has 0 unspecified atom stereocenters. The Morgan fingerprint density at radius 3 is 0.500 bits per heavy atom. The number of rotatable bonds is 56. The SMILES string of the molecule is CN(C)Cc1cn(Cc2cc(Cn3cc(CN(C)C)nn3)cc(OCc3cc(COc4cc(Cn5cc(CN(C)C)nn5)cc(Cn5cc(CN(C)C)nn5)c4)cc(OC/C=C/CC/C=C/CC/C=C/COc4cc(COc5cc(Cn6cc(CN(C)C)nn6)cc(Cn6cc(CN(C)C)nn6)c5)cc(COc5cc(Cn6cc(CN(C)C)nn6)cc(Cn6cc(CN(C)C)nn6)c5)c4)c3)c2)nn1. The third-order valence-electron chi connectivity index (χ3n) is 21.2. The van der Waals surface area contributed by atoms with Gasteiger partial charge < -0.3 is 67.6 Å². The molecule has 8 heterocycles. The number of benzene rings is 6. The lowest BCUT2D eigenvalue weighted by Crippen LogP contribution is -2.10. The first-order chi connectivity index (χ1) is 66.6. The van der Waals surface area contributed by atoms with E-state index in [1.54, 1.807) is 0 Å². The number of unbranched alkanes of at least 4 members (excludes halogenated alkanes) is 2. The van der Waals surface area contributed by atoms with Crippen LogP contribution in [0.1, 0.15) is 138 Å². The summed E-state index contributed by atoms with van der Waals surface area (Å²) in [5, 5.41) is 71.5. The third-order valence-corrected chi connectivity index (χ3v) is 21.2. The maximum absolute atomic E-state index is 6.80. The summed E-state index contributed by atoms with van der Waals surface area (Å²) < 4.78 is 55.3. The first-order valence-electron chi connectivity index (χ1n) is 46.4. The second-order valence-electron chi connectivity index (χ2n) is 37.4. The summed E-state index contributed by atoms with van der Waals surface area (Å²) >= 11 is 0. The molecule has 38 nitrogen and oxygen atoms in total. The number of allylic oxidation sites excluding steroid dienone is 4. The van der Waals surface area contributed by atoms with Gasteiger partial charge in [0.25, 0.3) is 0 Å². The van der Waals surface area contributed by atoms with Gasteiger partial charge >= 0.3 is 0 Å². The first kappa shape index (κ1) is 100. The molecule has 14 aromatic rings. The van der Waals surface area contributed by atoms with Gasteiger partial charge in [0.05, 0.1) is 147 Å². The Morgan fingerprint density at radius 1 is 0.188 bits per heavy atom. The minimum absolute atomic E-state index is 0.241. The summed E-state index contributed by atoms with van der Waals surface area (Å²) in [6.45, 7) is 11.0. The number of ether oxygens (including phenoxy) is 6. The van der Waals surface area contributed by atoms with Crippen LogP contribution in [0, 0.1) is 0 Å². The average Bonchev–Trinajstić information content (AvgIpc) is 1.50. The molecule has 0 saturated carbocycles. The monoisotopic (exact) mass is 1880 g/mol. The second-order valence-corrected chi connectivity index (χ2v) is 37.4.